The third-order valence-electron chi connectivity index (χ3n) is 3.69. The van der Waals surface area contributed by atoms with Gasteiger partial charge in [0.1, 0.15) is 5.82 Å². The number of hydrogen-bond donors (Lipinski definition) is 1. The van der Waals surface area contributed by atoms with Crippen LogP contribution in [-0.2, 0) is 6.54 Å². The minimum absolute atomic E-state index is 0.159. The van der Waals surface area contributed by atoms with E-state index in [4.69, 9.17) is 0 Å². The Morgan fingerprint density at radius 3 is 2.62 bits per heavy atom. The number of nitrogens with one attached hydrogen (secondary N) is 1. The lowest BCUT2D eigenvalue weighted by Gasteiger charge is -2.15. The van der Waals surface area contributed by atoms with Gasteiger partial charge in [0.15, 0.2) is 0 Å². The fourth-order valence-corrected chi connectivity index (χ4v) is 2.53. The van der Waals surface area contributed by atoms with Gasteiger partial charge < -0.3 is 5.32 Å². The molecule has 2 unspecified atom stereocenters. The summed E-state index contributed by atoms with van der Waals surface area (Å²) in [7, 11) is 0. The molecular formula is C14H20FN. The predicted octanol–water partition coefficient (Wildman–Crippen LogP) is 3.35. The molecule has 1 saturated carbocycles. The Balaban J connectivity index is 1.73. The number of halogens is 1. The second-order valence-corrected chi connectivity index (χ2v) is 4.93. The lowest BCUT2D eigenvalue weighted by atomic mass is 9.98. The van der Waals surface area contributed by atoms with Crippen molar-refractivity contribution in [2.24, 2.45) is 11.8 Å². The molecule has 0 aliphatic heterocycles. The normalized spacial score (nSPS) is 24.9. The molecule has 1 aromatic carbocycles. The Bertz CT molecular complexity index is 320. The van der Waals surface area contributed by atoms with Crippen molar-refractivity contribution >= 4 is 0 Å². The maximum Gasteiger partial charge on any atom is 0.123 e. The Hall–Kier alpha value is -0.890. The third-order valence-corrected chi connectivity index (χ3v) is 3.69. The van der Waals surface area contributed by atoms with Gasteiger partial charge in [-0.25, -0.2) is 4.39 Å². The summed E-state index contributed by atoms with van der Waals surface area (Å²) in [6, 6.07) is 6.74. The molecule has 1 fully saturated rings. The lowest BCUT2D eigenvalue weighted by Crippen LogP contribution is -2.23. The summed E-state index contributed by atoms with van der Waals surface area (Å²) in [6.45, 7) is 4.29. The molecule has 2 rings (SSSR count). The highest BCUT2D eigenvalue weighted by Crippen LogP contribution is 2.30. The molecule has 88 valence electrons. The van der Waals surface area contributed by atoms with Crippen molar-refractivity contribution in [1.29, 1.82) is 0 Å². The molecule has 0 heterocycles. The summed E-state index contributed by atoms with van der Waals surface area (Å²) in [5, 5.41) is 3.47. The number of hydrogen-bond acceptors (Lipinski definition) is 1. The highest BCUT2D eigenvalue weighted by molar-refractivity contribution is 5.15. The van der Waals surface area contributed by atoms with E-state index in [1.807, 2.05) is 12.1 Å². The van der Waals surface area contributed by atoms with Gasteiger partial charge in [0, 0.05) is 6.54 Å². The number of benzene rings is 1. The van der Waals surface area contributed by atoms with Crippen LogP contribution in [0.1, 0.15) is 31.7 Å². The van der Waals surface area contributed by atoms with Crippen LogP contribution in [0, 0.1) is 17.7 Å². The van der Waals surface area contributed by atoms with Gasteiger partial charge in [0.05, 0.1) is 0 Å². The highest BCUT2D eigenvalue weighted by atomic mass is 19.1. The van der Waals surface area contributed by atoms with Gasteiger partial charge in [-0.1, -0.05) is 31.9 Å². The molecule has 0 saturated heterocycles. The molecule has 0 radical (unpaired) electrons. The van der Waals surface area contributed by atoms with E-state index in [9.17, 15) is 4.39 Å². The maximum atomic E-state index is 12.7. The van der Waals surface area contributed by atoms with Crippen molar-refractivity contribution in [3.05, 3.63) is 35.6 Å². The molecule has 1 aliphatic carbocycles. The van der Waals surface area contributed by atoms with Gasteiger partial charge in [0.25, 0.3) is 0 Å². The van der Waals surface area contributed by atoms with Crippen LogP contribution in [0.25, 0.3) is 0 Å². The molecule has 1 nitrogen and oxygen atoms in total. The van der Waals surface area contributed by atoms with Crippen molar-refractivity contribution in [2.45, 2.75) is 32.7 Å². The fraction of sp³-hybridized carbons (Fsp3) is 0.571. The van der Waals surface area contributed by atoms with Crippen molar-refractivity contribution in [2.75, 3.05) is 6.54 Å². The van der Waals surface area contributed by atoms with Gasteiger partial charge in [-0.05, 0) is 42.5 Å². The Morgan fingerprint density at radius 2 is 2.00 bits per heavy atom. The van der Waals surface area contributed by atoms with Crippen LogP contribution in [0.4, 0.5) is 4.39 Å². The second kappa shape index (κ2) is 5.44. The third kappa shape index (κ3) is 3.05. The van der Waals surface area contributed by atoms with E-state index in [1.54, 1.807) is 0 Å². The largest absolute Gasteiger partial charge is 0.312 e. The van der Waals surface area contributed by atoms with Crippen LogP contribution in [-0.4, -0.2) is 6.54 Å². The maximum absolute atomic E-state index is 12.7. The van der Waals surface area contributed by atoms with Gasteiger partial charge in [0.2, 0.25) is 0 Å². The molecule has 1 aliphatic rings. The number of rotatable bonds is 4. The average Bonchev–Trinajstić information content (AvgIpc) is 2.68. The standard InChI is InChI=1S/C14H20FN/c1-11-3-2-4-13(11)10-16-9-12-5-7-14(15)8-6-12/h5-8,11,13,16H,2-4,9-10H2,1H3. The molecule has 16 heavy (non-hydrogen) atoms. The summed E-state index contributed by atoms with van der Waals surface area (Å²) in [5.41, 5.74) is 1.16. The van der Waals surface area contributed by atoms with Crippen LogP contribution < -0.4 is 5.32 Å². The molecular weight excluding hydrogens is 201 g/mol. The zero-order chi connectivity index (χ0) is 11.4. The van der Waals surface area contributed by atoms with Crippen molar-refractivity contribution in [3.8, 4) is 0 Å². The minimum Gasteiger partial charge on any atom is -0.312 e. The lowest BCUT2D eigenvalue weighted by molar-refractivity contribution is 0.392. The SMILES string of the molecule is CC1CCCC1CNCc1ccc(F)cc1. The summed E-state index contributed by atoms with van der Waals surface area (Å²) >= 11 is 0. The summed E-state index contributed by atoms with van der Waals surface area (Å²) in [6.07, 6.45) is 4.12. The smallest absolute Gasteiger partial charge is 0.123 e. The Morgan fingerprint density at radius 1 is 1.25 bits per heavy atom. The zero-order valence-corrected chi connectivity index (χ0v) is 9.88. The molecule has 1 aromatic rings. The Labute approximate surface area is 97.1 Å². The van der Waals surface area contributed by atoms with Crippen LogP contribution in [0.2, 0.25) is 0 Å². The van der Waals surface area contributed by atoms with E-state index in [0.717, 1.165) is 30.5 Å². The molecule has 1 N–H and O–H groups in total. The summed E-state index contributed by atoms with van der Waals surface area (Å²) < 4.78 is 12.7. The van der Waals surface area contributed by atoms with E-state index < -0.39 is 0 Å². The molecule has 0 aromatic heterocycles. The van der Waals surface area contributed by atoms with Crippen LogP contribution in [0.3, 0.4) is 0 Å². The van der Waals surface area contributed by atoms with E-state index in [1.165, 1.54) is 31.4 Å². The van der Waals surface area contributed by atoms with E-state index in [0.29, 0.717) is 0 Å². The van der Waals surface area contributed by atoms with Crippen molar-refractivity contribution < 1.29 is 4.39 Å². The zero-order valence-electron chi connectivity index (χ0n) is 9.88. The van der Waals surface area contributed by atoms with Gasteiger partial charge in [-0.15, -0.1) is 0 Å². The predicted molar refractivity (Wildman–Crippen MR) is 64.6 cm³/mol. The van der Waals surface area contributed by atoms with Crippen LogP contribution >= 0.6 is 0 Å². The van der Waals surface area contributed by atoms with Gasteiger partial charge in [-0.3, -0.25) is 0 Å². The first-order chi connectivity index (χ1) is 7.75. The van der Waals surface area contributed by atoms with E-state index in [2.05, 4.69) is 12.2 Å². The first-order valence-corrected chi connectivity index (χ1v) is 6.21. The quantitative estimate of drug-likeness (QED) is 0.822. The first kappa shape index (κ1) is 11.6. The summed E-state index contributed by atoms with van der Waals surface area (Å²) in [5.74, 6) is 1.54. The minimum atomic E-state index is -0.159. The van der Waals surface area contributed by atoms with Gasteiger partial charge >= 0.3 is 0 Å². The van der Waals surface area contributed by atoms with Crippen molar-refractivity contribution in [1.82, 2.24) is 5.32 Å². The molecule has 2 atom stereocenters. The first-order valence-electron chi connectivity index (χ1n) is 6.21. The monoisotopic (exact) mass is 221 g/mol. The average molecular weight is 221 g/mol. The van der Waals surface area contributed by atoms with E-state index >= 15 is 0 Å². The highest BCUT2D eigenvalue weighted by Gasteiger charge is 2.22. The second-order valence-electron chi connectivity index (χ2n) is 4.93. The van der Waals surface area contributed by atoms with Crippen LogP contribution in [0.15, 0.2) is 24.3 Å². The van der Waals surface area contributed by atoms with Crippen LogP contribution in [0.5, 0.6) is 0 Å². The Kier molecular flexibility index (Phi) is 3.94. The van der Waals surface area contributed by atoms with Gasteiger partial charge in [-0.2, -0.15) is 0 Å². The van der Waals surface area contributed by atoms with Crippen molar-refractivity contribution in [3.63, 3.8) is 0 Å². The molecule has 0 amide bonds. The molecule has 0 bridgehead atoms. The summed E-state index contributed by atoms with van der Waals surface area (Å²) in [4.78, 5) is 0. The molecule has 0 spiro atoms. The topological polar surface area (TPSA) is 12.0 Å². The molecule has 2 heteroatoms. The fourth-order valence-electron chi connectivity index (χ4n) is 2.53. The van der Waals surface area contributed by atoms with E-state index in [-0.39, 0.29) is 5.82 Å².